The minimum Gasteiger partial charge on any atom is -0.444 e. The Bertz CT molecular complexity index is 544. The molecular weight excluding hydrogens is 298 g/mol. The maximum Gasteiger partial charge on any atom is 0.410 e. The van der Waals surface area contributed by atoms with Crippen molar-refractivity contribution in [1.82, 2.24) is 4.90 Å². The Kier molecular flexibility index (Phi) is 5.27. The van der Waals surface area contributed by atoms with Gasteiger partial charge in [-0.05, 0) is 59.1 Å². The smallest absolute Gasteiger partial charge is 0.410 e. The predicted octanol–water partition coefficient (Wildman–Crippen LogP) is 4.42. The molecule has 0 N–H and O–H groups in total. The first kappa shape index (κ1) is 17.0. The number of amides is 1. The molecule has 5 heteroatoms. The van der Waals surface area contributed by atoms with Crippen LogP contribution in [-0.4, -0.2) is 35.0 Å². The number of aryl methyl sites for hydroxylation is 1. The van der Waals surface area contributed by atoms with E-state index in [9.17, 15) is 9.59 Å². The maximum atomic E-state index is 12.4. The third-order valence-electron chi connectivity index (χ3n) is 3.69. The molecule has 1 aromatic heterocycles. The predicted molar refractivity (Wildman–Crippen MR) is 88.6 cm³/mol. The molecule has 1 unspecified atom stereocenters. The number of ketones is 1. The first-order chi connectivity index (χ1) is 10.3. The van der Waals surface area contributed by atoms with Crippen LogP contribution in [0.2, 0.25) is 0 Å². The molecule has 0 aromatic carbocycles. The molecule has 0 radical (unpaired) electrons. The summed E-state index contributed by atoms with van der Waals surface area (Å²) in [5.41, 5.74) is -0.506. The van der Waals surface area contributed by atoms with E-state index in [1.165, 1.54) is 11.3 Å². The molecule has 0 aliphatic carbocycles. The quantitative estimate of drug-likeness (QED) is 0.774. The molecule has 22 heavy (non-hydrogen) atoms. The Morgan fingerprint density at radius 3 is 2.64 bits per heavy atom. The van der Waals surface area contributed by atoms with E-state index < -0.39 is 5.60 Å². The van der Waals surface area contributed by atoms with Gasteiger partial charge in [-0.15, -0.1) is 11.3 Å². The number of carbonyl (C=O) groups excluding carboxylic acids is 2. The lowest BCUT2D eigenvalue weighted by atomic mass is 9.97. The van der Waals surface area contributed by atoms with E-state index in [4.69, 9.17) is 4.74 Å². The van der Waals surface area contributed by atoms with Crippen LogP contribution in [0.3, 0.4) is 0 Å². The third kappa shape index (κ3) is 4.57. The summed E-state index contributed by atoms with van der Waals surface area (Å²) in [5, 5.41) is 0. The monoisotopic (exact) mass is 323 g/mol. The van der Waals surface area contributed by atoms with Crippen LogP contribution in [0.4, 0.5) is 4.79 Å². The summed E-state index contributed by atoms with van der Waals surface area (Å²) in [4.78, 5) is 28.4. The Morgan fingerprint density at radius 1 is 1.32 bits per heavy atom. The Hall–Kier alpha value is -1.36. The number of piperidine rings is 1. The number of ether oxygens (including phenoxy) is 1. The Labute approximate surface area is 136 Å². The number of rotatable bonds is 3. The first-order valence-electron chi connectivity index (χ1n) is 7.85. The average molecular weight is 323 g/mol. The molecule has 0 saturated carbocycles. The summed E-state index contributed by atoms with van der Waals surface area (Å²) in [6, 6.07) is 3.80. The van der Waals surface area contributed by atoms with Gasteiger partial charge in [-0.2, -0.15) is 0 Å². The van der Waals surface area contributed by atoms with Crippen LogP contribution in [0.15, 0.2) is 12.1 Å². The first-order valence-corrected chi connectivity index (χ1v) is 8.67. The van der Waals surface area contributed by atoms with E-state index in [0.717, 1.165) is 29.0 Å². The Balaban J connectivity index is 2.03. The molecular formula is C17H25NO3S. The molecule has 4 nitrogen and oxygen atoms in total. The van der Waals surface area contributed by atoms with E-state index >= 15 is 0 Å². The number of nitrogens with zero attached hydrogens (tertiary/aromatic N) is 1. The van der Waals surface area contributed by atoms with Crippen molar-refractivity contribution in [3.8, 4) is 0 Å². The highest BCUT2D eigenvalue weighted by atomic mass is 32.1. The highest BCUT2D eigenvalue weighted by Gasteiger charge is 2.32. The zero-order valence-electron chi connectivity index (χ0n) is 13.8. The molecule has 0 bridgehead atoms. The van der Waals surface area contributed by atoms with Gasteiger partial charge in [0.15, 0.2) is 5.78 Å². The van der Waals surface area contributed by atoms with Crippen molar-refractivity contribution >= 4 is 23.2 Å². The molecule has 2 heterocycles. The SMILES string of the molecule is Cc1ccc(C(=O)CC2CCCCN2C(=O)OC(C)(C)C)s1. The maximum absolute atomic E-state index is 12.4. The molecule has 1 atom stereocenters. The number of hydrogen-bond acceptors (Lipinski definition) is 4. The minimum atomic E-state index is -0.506. The third-order valence-corrected chi connectivity index (χ3v) is 4.73. The minimum absolute atomic E-state index is 0.0430. The summed E-state index contributed by atoms with van der Waals surface area (Å²) in [5.74, 6) is 0.124. The summed E-state index contributed by atoms with van der Waals surface area (Å²) in [7, 11) is 0. The van der Waals surface area contributed by atoms with Gasteiger partial charge in [-0.25, -0.2) is 4.79 Å². The topological polar surface area (TPSA) is 46.6 Å². The zero-order valence-corrected chi connectivity index (χ0v) is 14.7. The van der Waals surface area contributed by atoms with Crippen LogP contribution in [0.1, 0.15) is 61.0 Å². The van der Waals surface area contributed by atoms with E-state index in [-0.39, 0.29) is 17.9 Å². The van der Waals surface area contributed by atoms with Crippen LogP contribution < -0.4 is 0 Å². The van der Waals surface area contributed by atoms with Crippen molar-refractivity contribution in [3.63, 3.8) is 0 Å². The normalized spacial score (nSPS) is 19.1. The lowest BCUT2D eigenvalue weighted by Gasteiger charge is -2.36. The summed E-state index contributed by atoms with van der Waals surface area (Å²) in [6.45, 7) is 8.27. The molecule has 1 saturated heterocycles. The van der Waals surface area contributed by atoms with E-state index in [2.05, 4.69) is 0 Å². The van der Waals surface area contributed by atoms with Crippen LogP contribution in [0, 0.1) is 6.92 Å². The van der Waals surface area contributed by atoms with Crippen LogP contribution in [0.5, 0.6) is 0 Å². The van der Waals surface area contributed by atoms with Gasteiger partial charge in [0.2, 0.25) is 0 Å². The van der Waals surface area contributed by atoms with E-state index in [0.29, 0.717) is 13.0 Å². The number of likely N-dealkylation sites (tertiary alicyclic amines) is 1. The summed E-state index contributed by atoms with van der Waals surface area (Å²) < 4.78 is 5.48. The number of thiophene rings is 1. The Morgan fingerprint density at radius 2 is 2.05 bits per heavy atom. The van der Waals surface area contributed by atoms with E-state index in [1.807, 2.05) is 39.8 Å². The van der Waals surface area contributed by atoms with Crippen molar-refractivity contribution in [2.24, 2.45) is 0 Å². The van der Waals surface area contributed by atoms with Gasteiger partial charge < -0.3 is 9.64 Å². The average Bonchev–Trinajstić information content (AvgIpc) is 2.84. The van der Waals surface area contributed by atoms with Crippen molar-refractivity contribution in [3.05, 3.63) is 21.9 Å². The molecule has 1 aliphatic rings. The fraction of sp³-hybridized carbons (Fsp3) is 0.647. The molecule has 0 spiro atoms. The zero-order chi connectivity index (χ0) is 16.3. The fourth-order valence-corrected chi connectivity index (χ4v) is 3.49. The van der Waals surface area contributed by atoms with E-state index in [1.54, 1.807) is 4.90 Å². The standard InChI is InChI=1S/C17H25NO3S/c1-12-8-9-15(22-12)14(19)11-13-7-5-6-10-18(13)16(20)21-17(2,3)4/h8-9,13H,5-7,10-11H2,1-4H3. The molecule has 1 aromatic rings. The van der Waals surface area contributed by atoms with Gasteiger partial charge in [0.05, 0.1) is 4.88 Å². The molecule has 1 amide bonds. The van der Waals surface area contributed by atoms with Crippen LogP contribution in [0.25, 0.3) is 0 Å². The molecule has 1 aliphatic heterocycles. The van der Waals surface area contributed by atoms with Gasteiger partial charge in [-0.1, -0.05) is 0 Å². The molecule has 1 fully saturated rings. The molecule has 122 valence electrons. The number of hydrogen-bond donors (Lipinski definition) is 0. The van der Waals surface area contributed by atoms with Crippen molar-refractivity contribution in [1.29, 1.82) is 0 Å². The van der Waals surface area contributed by atoms with Crippen molar-refractivity contribution in [2.75, 3.05) is 6.54 Å². The van der Waals surface area contributed by atoms with Gasteiger partial charge in [0, 0.05) is 23.9 Å². The highest BCUT2D eigenvalue weighted by molar-refractivity contribution is 7.14. The van der Waals surface area contributed by atoms with Crippen molar-refractivity contribution in [2.45, 2.75) is 65.0 Å². The number of carbonyl (C=O) groups is 2. The van der Waals surface area contributed by atoms with Gasteiger partial charge in [0.1, 0.15) is 5.60 Å². The molecule has 2 rings (SSSR count). The second kappa shape index (κ2) is 6.82. The largest absolute Gasteiger partial charge is 0.444 e. The van der Waals surface area contributed by atoms with Crippen molar-refractivity contribution < 1.29 is 14.3 Å². The second-order valence-electron chi connectivity index (χ2n) is 6.86. The lowest BCUT2D eigenvalue weighted by molar-refractivity contribution is 0.00948. The highest BCUT2D eigenvalue weighted by Crippen LogP contribution is 2.25. The second-order valence-corrected chi connectivity index (χ2v) is 8.15. The summed E-state index contributed by atoms with van der Waals surface area (Å²) >= 11 is 1.52. The van der Waals surface area contributed by atoms with Gasteiger partial charge in [0.25, 0.3) is 0 Å². The fourth-order valence-electron chi connectivity index (χ4n) is 2.67. The van der Waals surface area contributed by atoms with Gasteiger partial charge in [-0.3, -0.25) is 4.79 Å². The van der Waals surface area contributed by atoms with Crippen LogP contribution >= 0.6 is 11.3 Å². The van der Waals surface area contributed by atoms with Gasteiger partial charge >= 0.3 is 6.09 Å². The number of Topliss-reactive ketones (excluding diaryl/α,β-unsaturated/α-hetero) is 1. The summed E-state index contributed by atoms with van der Waals surface area (Å²) in [6.07, 6.45) is 2.99. The lowest BCUT2D eigenvalue weighted by Crippen LogP contribution is -2.46. The van der Waals surface area contributed by atoms with Crippen LogP contribution in [-0.2, 0) is 4.74 Å².